The van der Waals surface area contributed by atoms with Crippen LogP contribution in [-0.4, -0.2) is 22.7 Å². The van der Waals surface area contributed by atoms with Crippen molar-refractivity contribution < 1.29 is 9.53 Å². The van der Waals surface area contributed by atoms with E-state index in [4.69, 9.17) is 4.74 Å². The maximum atomic E-state index is 12.1. The summed E-state index contributed by atoms with van der Waals surface area (Å²) in [7, 11) is 0. The molecule has 0 aliphatic carbocycles. The van der Waals surface area contributed by atoms with E-state index in [-0.39, 0.29) is 17.9 Å². The third-order valence-electron chi connectivity index (χ3n) is 3.48. The molecule has 1 heterocycles. The minimum atomic E-state index is -0.227. The monoisotopic (exact) mass is 347 g/mol. The molecule has 2 aromatic rings. The summed E-state index contributed by atoms with van der Waals surface area (Å²) in [6.45, 7) is 10.5. The number of amides is 1. The van der Waals surface area contributed by atoms with E-state index in [1.165, 1.54) is 16.9 Å². The van der Waals surface area contributed by atoms with Crippen molar-refractivity contribution in [2.24, 2.45) is 0 Å². The number of anilines is 1. The van der Waals surface area contributed by atoms with Crippen LogP contribution in [-0.2, 0) is 16.6 Å². The van der Waals surface area contributed by atoms with Gasteiger partial charge in [-0.05, 0) is 30.4 Å². The number of hydrogen-bond acceptors (Lipinski definition) is 5. The van der Waals surface area contributed by atoms with E-state index < -0.39 is 0 Å². The highest BCUT2D eigenvalue weighted by Gasteiger charge is 2.20. The highest BCUT2D eigenvalue weighted by atomic mass is 32.1. The van der Waals surface area contributed by atoms with Gasteiger partial charge in [-0.25, -0.2) is 0 Å². The van der Waals surface area contributed by atoms with Gasteiger partial charge in [0.15, 0.2) is 6.61 Å². The molecule has 0 bridgehead atoms. The molecule has 2 rings (SSSR count). The molecule has 0 saturated heterocycles. The lowest BCUT2D eigenvalue weighted by Gasteiger charge is -2.23. The standard InChI is InChI=1S/C18H25N3O2S/c1-6-7-16-20-21-17(24-16)19-15(22)11-23-14-9-8-12(2)10-13(14)18(3,4)5/h8-10H,6-7,11H2,1-5H3,(H,19,21,22). The fourth-order valence-corrected chi connectivity index (χ4v) is 3.13. The van der Waals surface area contributed by atoms with Gasteiger partial charge in [-0.2, -0.15) is 0 Å². The number of aryl methyl sites for hydroxylation is 2. The molecular weight excluding hydrogens is 322 g/mol. The SMILES string of the molecule is CCCc1nnc(NC(=O)COc2ccc(C)cc2C(C)(C)C)s1. The Balaban J connectivity index is 1.98. The molecule has 0 fully saturated rings. The number of aromatic nitrogens is 2. The van der Waals surface area contributed by atoms with Crippen molar-refractivity contribution in [2.75, 3.05) is 11.9 Å². The number of rotatable bonds is 6. The highest BCUT2D eigenvalue weighted by molar-refractivity contribution is 7.15. The molecule has 1 amide bonds. The minimum Gasteiger partial charge on any atom is -0.483 e. The highest BCUT2D eigenvalue weighted by Crippen LogP contribution is 2.32. The number of carbonyl (C=O) groups excluding carboxylic acids is 1. The fraction of sp³-hybridized carbons (Fsp3) is 0.500. The second-order valence-corrected chi connectivity index (χ2v) is 7.90. The maximum Gasteiger partial charge on any atom is 0.264 e. The number of hydrogen-bond donors (Lipinski definition) is 1. The zero-order chi connectivity index (χ0) is 17.7. The first-order valence-corrected chi connectivity index (χ1v) is 8.97. The van der Waals surface area contributed by atoms with Crippen LogP contribution in [0.15, 0.2) is 18.2 Å². The lowest BCUT2D eigenvalue weighted by Crippen LogP contribution is -2.22. The van der Waals surface area contributed by atoms with Crippen molar-refractivity contribution in [1.82, 2.24) is 10.2 Å². The summed E-state index contributed by atoms with van der Waals surface area (Å²) in [4.78, 5) is 12.1. The van der Waals surface area contributed by atoms with Crippen molar-refractivity contribution in [2.45, 2.75) is 52.9 Å². The van der Waals surface area contributed by atoms with Crippen molar-refractivity contribution in [3.63, 3.8) is 0 Å². The third kappa shape index (κ3) is 5.03. The summed E-state index contributed by atoms with van der Waals surface area (Å²) in [6.07, 6.45) is 1.89. The average Bonchev–Trinajstić information content (AvgIpc) is 2.92. The Bertz CT molecular complexity index is 705. The molecule has 1 aromatic heterocycles. The number of ether oxygens (including phenoxy) is 1. The summed E-state index contributed by atoms with van der Waals surface area (Å²) < 4.78 is 5.75. The molecule has 5 nitrogen and oxygen atoms in total. The van der Waals surface area contributed by atoms with Gasteiger partial charge in [-0.3, -0.25) is 10.1 Å². The Morgan fingerprint density at radius 2 is 2.04 bits per heavy atom. The van der Waals surface area contributed by atoms with Crippen molar-refractivity contribution in [1.29, 1.82) is 0 Å². The van der Waals surface area contributed by atoms with Gasteiger partial charge in [0.05, 0.1) is 0 Å². The normalized spacial score (nSPS) is 11.4. The van der Waals surface area contributed by atoms with Gasteiger partial charge in [0.1, 0.15) is 10.8 Å². The van der Waals surface area contributed by atoms with E-state index in [0.717, 1.165) is 29.2 Å². The maximum absolute atomic E-state index is 12.1. The zero-order valence-corrected chi connectivity index (χ0v) is 15.8. The first-order chi connectivity index (χ1) is 11.3. The van der Waals surface area contributed by atoms with E-state index in [2.05, 4.69) is 56.2 Å². The van der Waals surface area contributed by atoms with Crippen LogP contribution in [0, 0.1) is 6.92 Å². The van der Waals surface area contributed by atoms with Crippen LogP contribution in [0.25, 0.3) is 0 Å². The van der Waals surface area contributed by atoms with E-state index in [9.17, 15) is 4.79 Å². The Hall–Kier alpha value is -1.95. The van der Waals surface area contributed by atoms with Gasteiger partial charge in [0.2, 0.25) is 5.13 Å². The van der Waals surface area contributed by atoms with Crippen LogP contribution in [0.4, 0.5) is 5.13 Å². The summed E-state index contributed by atoms with van der Waals surface area (Å²) in [5, 5.41) is 12.2. The van der Waals surface area contributed by atoms with E-state index in [0.29, 0.717) is 5.13 Å². The van der Waals surface area contributed by atoms with Gasteiger partial charge < -0.3 is 4.74 Å². The molecule has 0 unspecified atom stereocenters. The Morgan fingerprint density at radius 3 is 2.71 bits per heavy atom. The second kappa shape index (κ2) is 7.75. The number of nitrogens with zero attached hydrogens (tertiary/aromatic N) is 2. The largest absolute Gasteiger partial charge is 0.483 e. The van der Waals surface area contributed by atoms with E-state index in [1.807, 2.05) is 12.1 Å². The molecule has 0 spiro atoms. The van der Waals surface area contributed by atoms with Crippen molar-refractivity contribution in [3.8, 4) is 5.75 Å². The van der Waals surface area contributed by atoms with Crippen LogP contribution >= 0.6 is 11.3 Å². The van der Waals surface area contributed by atoms with E-state index in [1.54, 1.807) is 0 Å². The van der Waals surface area contributed by atoms with Gasteiger partial charge in [-0.1, -0.05) is 56.7 Å². The van der Waals surface area contributed by atoms with Crippen LogP contribution in [0.1, 0.15) is 50.3 Å². The topological polar surface area (TPSA) is 64.1 Å². The zero-order valence-electron chi connectivity index (χ0n) is 15.0. The molecule has 0 saturated carbocycles. The second-order valence-electron chi connectivity index (χ2n) is 6.84. The number of benzene rings is 1. The predicted molar refractivity (Wildman–Crippen MR) is 97.9 cm³/mol. The molecule has 6 heteroatoms. The lowest BCUT2D eigenvalue weighted by molar-refractivity contribution is -0.118. The summed E-state index contributed by atoms with van der Waals surface area (Å²) >= 11 is 1.41. The summed E-state index contributed by atoms with van der Waals surface area (Å²) in [5.41, 5.74) is 2.22. The van der Waals surface area contributed by atoms with Gasteiger partial charge in [0.25, 0.3) is 5.91 Å². The molecular formula is C18H25N3O2S. The quantitative estimate of drug-likeness (QED) is 0.854. The third-order valence-corrected chi connectivity index (χ3v) is 4.38. The Morgan fingerprint density at radius 1 is 1.29 bits per heavy atom. The molecule has 1 N–H and O–H groups in total. The molecule has 24 heavy (non-hydrogen) atoms. The lowest BCUT2D eigenvalue weighted by atomic mass is 9.85. The first-order valence-electron chi connectivity index (χ1n) is 8.15. The number of carbonyl (C=O) groups is 1. The minimum absolute atomic E-state index is 0.0468. The van der Waals surface area contributed by atoms with Crippen LogP contribution < -0.4 is 10.1 Å². The van der Waals surface area contributed by atoms with E-state index >= 15 is 0 Å². The Labute approximate surface area is 147 Å². The summed E-state index contributed by atoms with van der Waals surface area (Å²) in [5.74, 6) is 0.516. The summed E-state index contributed by atoms with van der Waals surface area (Å²) in [6, 6.07) is 6.02. The van der Waals surface area contributed by atoms with Gasteiger partial charge >= 0.3 is 0 Å². The fourth-order valence-electron chi connectivity index (χ4n) is 2.27. The van der Waals surface area contributed by atoms with Gasteiger partial charge in [0, 0.05) is 6.42 Å². The molecule has 0 aliphatic heterocycles. The van der Waals surface area contributed by atoms with Crippen molar-refractivity contribution >= 4 is 22.4 Å². The molecule has 1 aromatic carbocycles. The molecule has 0 aliphatic rings. The average molecular weight is 347 g/mol. The van der Waals surface area contributed by atoms with Crippen LogP contribution in [0.5, 0.6) is 5.75 Å². The molecule has 130 valence electrons. The van der Waals surface area contributed by atoms with Crippen molar-refractivity contribution in [3.05, 3.63) is 34.3 Å². The van der Waals surface area contributed by atoms with Crippen LogP contribution in [0.2, 0.25) is 0 Å². The van der Waals surface area contributed by atoms with Gasteiger partial charge in [-0.15, -0.1) is 10.2 Å². The Kier molecular flexibility index (Phi) is 5.94. The predicted octanol–water partition coefficient (Wildman–Crippen LogP) is 4.11. The molecule has 0 radical (unpaired) electrons. The molecule has 0 atom stereocenters. The smallest absolute Gasteiger partial charge is 0.264 e. The number of nitrogens with one attached hydrogen (secondary N) is 1. The van der Waals surface area contributed by atoms with Crippen LogP contribution in [0.3, 0.4) is 0 Å². The first kappa shape index (κ1) is 18.4.